The largest absolute Gasteiger partial charge is 0.504 e. The Hall–Kier alpha value is -2.83. The van der Waals surface area contributed by atoms with Gasteiger partial charge in [-0.1, -0.05) is 58.4 Å². The van der Waals surface area contributed by atoms with Crippen LogP contribution >= 0.6 is 15.9 Å². The molecule has 4 rings (SSSR count). The molecule has 160 valence electrons. The standard InChI is InChI=1S/C25H25BrN2O3/c1-3-31-23-13-7-11-18(24(23)29)21-15-20(16-8-6-9-17(26)14-16)27-25(28-21)19-10-4-5-12-22(19)30-2/h4-14,21,25,28-29H,3,15H2,1-2H3. The normalized spacial score (nSPS) is 18.4. The molecule has 1 heterocycles. The van der Waals surface area contributed by atoms with E-state index < -0.39 is 0 Å². The summed E-state index contributed by atoms with van der Waals surface area (Å²) in [5.41, 5.74) is 3.74. The van der Waals surface area contributed by atoms with Crippen LogP contribution in [-0.4, -0.2) is 24.5 Å². The van der Waals surface area contributed by atoms with E-state index in [2.05, 4.69) is 33.4 Å². The zero-order chi connectivity index (χ0) is 21.8. The molecule has 1 aliphatic heterocycles. The van der Waals surface area contributed by atoms with Crippen LogP contribution in [0, 0.1) is 0 Å². The zero-order valence-electron chi connectivity index (χ0n) is 17.5. The Morgan fingerprint density at radius 3 is 2.55 bits per heavy atom. The van der Waals surface area contributed by atoms with Crippen LogP contribution in [0.5, 0.6) is 17.2 Å². The number of methoxy groups -OCH3 is 1. The van der Waals surface area contributed by atoms with Gasteiger partial charge < -0.3 is 14.6 Å². The predicted octanol–water partition coefficient (Wildman–Crippen LogP) is 5.78. The number of benzene rings is 3. The molecule has 0 fully saturated rings. The van der Waals surface area contributed by atoms with E-state index in [0.29, 0.717) is 18.8 Å². The van der Waals surface area contributed by atoms with E-state index in [-0.39, 0.29) is 18.0 Å². The molecule has 5 nitrogen and oxygen atoms in total. The summed E-state index contributed by atoms with van der Waals surface area (Å²) >= 11 is 3.56. The number of rotatable bonds is 6. The smallest absolute Gasteiger partial charge is 0.162 e. The van der Waals surface area contributed by atoms with Crippen LogP contribution in [0.4, 0.5) is 0 Å². The Morgan fingerprint density at radius 1 is 1.03 bits per heavy atom. The lowest BCUT2D eigenvalue weighted by Gasteiger charge is -2.31. The summed E-state index contributed by atoms with van der Waals surface area (Å²) in [6.07, 6.45) is 0.310. The third-order valence-electron chi connectivity index (χ3n) is 5.34. The van der Waals surface area contributed by atoms with Gasteiger partial charge in [-0.3, -0.25) is 10.3 Å². The first-order valence-electron chi connectivity index (χ1n) is 10.3. The number of nitrogens with one attached hydrogen (secondary N) is 1. The molecule has 2 N–H and O–H groups in total. The molecule has 6 heteroatoms. The fraction of sp³-hybridized carbons (Fsp3) is 0.240. The predicted molar refractivity (Wildman–Crippen MR) is 126 cm³/mol. The van der Waals surface area contributed by atoms with Crippen LogP contribution in [0.1, 0.15) is 42.2 Å². The average Bonchev–Trinajstić information content (AvgIpc) is 2.80. The number of halogens is 1. The molecule has 0 saturated heterocycles. The Kier molecular flexibility index (Phi) is 6.59. The summed E-state index contributed by atoms with van der Waals surface area (Å²) in [6, 6.07) is 21.5. The minimum absolute atomic E-state index is 0.151. The molecule has 0 aromatic heterocycles. The lowest BCUT2D eigenvalue weighted by atomic mass is 9.93. The second-order valence-electron chi connectivity index (χ2n) is 7.28. The summed E-state index contributed by atoms with van der Waals surface area (Å²) in [7, 11) is 1.66. The zero-order valence-corrected chi connectivity index (χ0v) is 19.1. The van der Waals surface area contributed by atoms with Crippen molar-refractivity contribution in [3.63, 3.8) is 0 Å². The number of hydrogen-bond acceptors (Lipinski definition) is 5. The van der Waals surface area contributed by atoms with E-state index in [0.717, 1.165) is 32.6 Å². The van der Waals surface area contributed by atoms with Gasteiger partial charge in [0.1, 0.15) is 11.9 Å². The van der Waals surface area contributed by atoms with E-state index >= 15 is 0 Å². The number of ether oxygens (including phenoxy) is 2. The SMILES string of the molecule is CCOc1cccc(C2CC(c3cccc(Br)c3)=NC(c3ccccc3OC)N2)c1O. The molecule has 3 aromatic rings. The lowest BCUT2D eigenvalue weighted by Crippen LogP contribution is -2.33. The molecule has 0 spiro atoms. The van der Waals surface area contributed by atoms with Gasteiger partial charge >= 0.3 is 0 Å². The maximum atomic E-state index is 10.9. The second-order valence-corrected chi connectivity index (χ2v) is 8.20. The summed E-state index contributed by atoms with van der Waals surface area (Å²) in [6.45, 7) is 2.39. The highest BCUT2D eigenvalue weighted by Gasteiger charge is 2.29. The number of phenolic OH excluding ortho intramolecular Hbond substituents is 1. The highest BCUT2D eigenvalue weighted by Crippen LogP contribution is 2.40. The Morgan fingerprint density at radius 2 is 1.77 bits per heavy atom. The lowest BCUT2D eigenvalue weighted by molar-refractivity contribution is 0.313. The Balaban J connectivity index is 1.79. The Labute approximate surface area is 190 Å². The topological polar surface area (TPSA) is 63.1 Å². The molecule has 0 saturated carbocycles. The summed E-state index contributed by atoms with van der Waals surface area (Å²) in [4.78, 5) is 5.03. The quantitative estimate of drug-likeness (QED) is 0.468. The minimum atomic E-state index is -0.320. The highest BCUT2D eigenvalue weighted by molar-refractivity contribution is 9.10. The van der Waals surface area contributed by atoms with Gasteiger partial charge in [0.2, 0.25) is 0 Å². The van der Waals surface area contributed by atoms with E-state index in [1.165, 1.54) is 0 Å². The molecule has 2 atom stereocenters. The van der Waals surface area contributed by atoms with Crippen molar-refractivity contribution in [2.45, 2.75) is 25.6 Å². The van der Waals surface area contributed by atoms with E-state index in [9.17, 15) is 5.11 Å². The number of aliphatic imine (C=N–C) groups is 1. The van der Waals surface area contributed by atoms with Gasteiger partial charge in [-0.25, -0.2) is 0 Å². The van der Waals surface area contributed by atoms with Gasteiger partial charge in [-0.15, -0.1) is 0 Å². The molecule has 1 aliphatic rings. The van der Waals surface area contributed by atoms with Crippen molar-refractivity contribution in [2.24, 2.45) is 4.99 Å². The van der Waals surface area contributed by atoms with Gasteiger partial charge in [0.05, 0.1) is 13.7 Å². The maximum Gasteiger partial charge on any atom is 0.162 e. The summed E-state index contributed by atoms with van der Waals surface area (Å²) in [5, 5.41) is 14.5. The first kappa shape index (κ1) is 21.4. The van der Waals surface area contributed by atoms with Crippen molar-refractivity contribution < 1.29 is 14.6 Å². The number of hydrogen-bond donors (Lipinski definition) is 2. The first-order chi connectivity index (χ1) is 15.1. The van der Waals surface area contributed by atoms with Crippen LogP contribution in [-0.2, 0) is 0 Å². The van der Waals surface area contributed by atoms with Crippen LogP contribution < -0.4 is 14.8 Å². The van der Waals surface area contributed by atoms with Gasteiger partial charge in [-0.2, -0.15) is 0 Å². The highest BCUT2D eigenvalue weighted by atomic mass is 79.9. The molecule has 0 amide bonds. The maximum absolute atomic E-state index is 10.9. The van der Waals surface area contributed by atoms with Crippen molar-refractivity contribution in [3.8, 4) is 17.2 Å². The summed E-state index contributed by atoms with van der Waals surface area (Å²) < 4.78 is 12.2. The van der Waals surface area contributed by atoms with E-state index in [1.807, 2.05) is 55.5 Å². The fourth-order valence-electron chi connectivity index (χ4n) is 3.89. The fourth-order valence-corrected chi connectivity index (χ4v) is 4.29. The van der Waals surface area contributed by atoms with Crippen LogP contribution in [0.3, 0.4) is 0 Å². The van der Waals surface area contributed by atoms with Crippen molar-refractivity contribution in [1.82, 2.24) is 5.32 Å². The van der Waals surface area contributed by atoms with Crippen LogP contribution in [0.2, 0.25) is 0 Å². The van der Waals surface area contributed by atoms with Gasteiger partial charge in [0.15, 0.2) is 11.5 Å². The van der Waals surface area contributed by atoms with Gasteiger partial charge in [-0.05, 0) is 36.8 Å². The molecular weight excluding hydrogens is 456 g/mol. The van der Waals surface area contributed by atoms with Crippen molar-refractivity contribution in [2.75, 3.05) is 13.7 Å². The molecule has 0 bridgehead atoms. The van der Waals surface area contributed by atoms with Crippen molar-refractivity contribution in [1.29, 1.82) is 0 Å². The second kappa shape index (κ2) is 9.54. The molecular formula is C25H25BrN2O3. The number of aromatic hydroxyl groups is 1. The molecule has 31 heavy (non-hydrogen) atoms. The van der Waals surface area contributed by atoms with E-state index in [4.69, 9.17) is 14.5 Å². The first-order valence-corrected chi connectivity index (χ1v) is 11.1. The molecule has 3 aromatic carbocycles. The monoisotopic (exact) mass is 480 g/mol. The Bertz CT molecular complexity index is 1100. The van der Waals surface area contributed by atoms with Crippen molar-refractivity contribution in [3.05, 3.63) is 87.9 Å². The van der Waals surface area contributed by atoms with Gasteiger partial charge in [0, 0.05) is 33.8 Å². The van der Waals surface area contributed by atoms with Crippen molar-refractivity contribution >= 4 is 21.6 Å². The number of nitrogens with zero attached hydrogens (tertiary/aromatic N) is 1. The molecule has 2 unspecified atom stereocenters. The molecule has 0 radical (unpaired) electrons. The van der Waals surface area contributed by atoms with Gasteiger partial charge in [0.25, 0.3) is 0 Å². The third-order valence-corrected chi connectivity index (χ3v) is 5.83. The van der Waals surface area contributed by atoms with Crippen LogP contribution in [0.15, 0.2) is 76.2 Å². The third kappa shape index (κ3) is 4.60. The average molecular weight is 481 g/mol. The minimum Gasteiger partial charge on any atom is -0.504 e. The number of para-hydroxylation sites is 2. The van der Waals surface area contributed by atoms with Crippen LogP contribution in [0.25, 0.3) is 0 Å². The molecule has 0 aliphatic carbocycles. The van der Waals surface area contributed by atoms with E-state index in [1.54, 1.807) is 13.2 Å². The number of phenols is 1. The summed E-state index contributed by atoms with van der Waals surface area (Å²) in [5.74, 6) is 1.42.